The van der Waals surface area contributed by atoms with E-state index in [0.717, 1.165) is 31.0 Å². The zero-order chi connectivity index (χ0) is 27.5. The minimum Gasteiger partial charge on any atom is -0.493 e. The second-order valence-corrected chi connectivity index (χ2v) is 10.6. The first-order chi connectivity index (χ1) is 18.9. The lowest BCUT2D eigenvalue weighted by atomic mass is 9.94. The molecular formula is C32H38N4O3. The Kier molecular flexibility index (Phi) is 8.00. The molecule has 1 aromatic heterocycles. The molecule has 1 N–H and O–H groups in total. The molecule has 0 amide bonds. The summed E-state index contributed by atoms with van der Waals surface area (Å²) in [6.07, 6.45) is 0. The highest BCUT2D eigenvalue weighted by molar-refractivity contribution is 5.82. The smallest absolute Gasteiger partial charge is 0.261 e. The maximum atomic E-state index is 14.2. The summed E-state index contributed by atoms with van der Waals surface area (Å²) >= 11 is 0. The van der Waals surface area contributed by atoms with Crippen molar-refractivity contribution in [2.24, 2.45) is 5.92 Å². The topological polar surface area (TPSA) is 68.6 Å². The Morgan fingerprint density at radius 2 is 1.69 bits per heavy atom. The number of hydrogen-bond donors (Lipinski definition) is 1. The zero-order valence-electron chi connectivity index (χ0n) is 23.5. The van der Waals surface area contributed by atoms with Crippen LogP contribution in [-0.4, -0.2) is 48.3 Å². The van der Waals surface area contributed by atoms with Crippen LogP contribution in [0, 0.1) is 12.8 Å². The second-order valence-electron chi connectivity index (χ2n) is 10.6. The Balaban J connectivity index is 1.72. The first kappa shape index (κ1) is 26.9. The summed E-state index contributed by atoms with van der Waals surface area (Å²) in [6, 6.07) is 22.6. The molecule has 1 aliphatic heterocycles. The van der Waals surface area contributed by atoms with Crippen molar-refractivity contribution in [1.29, 1.82) is 0 Å². The molecule has 0 radical (unpaired) electrons. The van der Waals surface area contributed by atoms with Gasteiger partial charge in [0.1, 0.15) is 5.82 Å². The molecule has 39 heavy (non-hydrogen) atoms. The Bertz CT molecular complexity index is 1480. The van der Waals surface area contributed by atoms with Gasteiger partial charge >= 0.3 is 0 Å². The monoisotopic (exact) mass is 526 g/mol. The molecule has 3 aromatic carbocycles. The summed E-state index contributed by atoms with van der Waals surface area (Å²) in [6.45, 7) is 9.57. The number of nitrogens with one attached hydrogen (secondary N) is 1. The summed E-state index contributed by atoms with van der Waals surface area (Å²) in [5.74, 6) is 2.06. The molecule has 4 aromatic rings. The number of nitrogens with zero attached hydrogens (tertiary/aromatic N) is 3. The lowest BCUT2D eigenvalue weighted by Crippen LogP contribution is -2.49. The maximum absolute atomic E-state index is 14.2. The summed E-state index contributed by atoms with van der Waals surface area (Å²) in [5.41, 5.74) is 4.10. The van der Waals surface area contributed by atoms with E-state index in [2.05, 4.69) is 67.4 Å². The third-order valence-electron chi connectivity index (χ3n) is 7.67. The number of rotatable bonds is 8. The normalized spacial score (nSPS) is 16.9. The van der Waals surface area contributed by atoms with Crippen molar-refractivity contribution in [2.45, 2.75) is 39.4 Å². The molecule has 2 unspecified atom stereocenters. The first-order valence-electron chi connectivity index (χ1n) is 13.6. The Labute approximate surface area is 230 Å². The van der Waals surface area contributed by atoms with Crippen LogP contribution >= 0.6 is 0 Å². The highest BCUT2D eigenvalue weighted by atomic mass is 16.5. The van der Waals surface area contributed by atoms with Crippen molar-refractivity contribution >= 4 is 10.9 Å². The number of piperazine rings is 1. The summed E-state index contributed by atoms with van der Waals surface area (Å²) < 4.78 is 13.0. The van der Waals surface area contributed by atoms with Crippen molar-refractivity contribution in [3.8, 4) is 11.5 Å². The lowest BCUT2D eigenvalue weighted by molar-refractivity contribution is 0.0701. The number of fused-ring (bicyclic) bond motifs is 1. The summed E-state index contributed by atoms with van der Waals surface area (Å²) in [5, 5.41) is 4.10. The minimum atomic E-state index is -0.0766. The van der Waals surface area contributed by atoms with Gasteiger partial charge in [-0.1, -0.05) is 74.0 Å². The Morgan fingerprint density at radius 1 is 1.00 bits per heavy atom. The number of aryl methyl sites for hydroxylation is 1. The van der Waals surface area contributed by atoms with Gasteiger partial charge in [-0.15, -0.1) is 0 Å². The third kappa shape index (κ3) is 5.42. The first-order valence-corrected chi connectivity index (χ1v) is 13.6. The van der Waals surface area contributed by atoms with Crippen LogP contribution in [0.3, 0.4) is 0 Å². The SMILES string of the molecule is COc1cc2nc(C(C(C)C)N3CCNCC3c3ccc(C)cc3)n(Cc3ccccc3)c(=O)c2cc1OC. The van der Waals surface area contributed by atoms with E-state index in [9.17, 15) is 4.79 Å². The number of ether oxygens (including phenoxy) is 2. The van der Waals surface area contributed by atoms with Crippen molar-refractivity contribution in [2.75, 3.05) is 33.9 Å². The molecule has 0 bridgehead atoms. The molecule has 7 heteroatoms. The van der Waals surface area contributed by atoms with Crippen LogP contribution in [0.1, 0.15) is 48.4 Å². The number of aromatic nitrogens is 2. The number of benzene rings is 3. The van der Waals surface area contributed by atoms with Crippen LogP contribution in [-0.2, 0) is 6.54 Å². The van der Waals surface area contributed by atoms with Crippen LogP contribution in [0.25, 0.3) is 10.9 Å². The van der Waals surface area contributed by atoms with E-state index in [1.807, 2.05) is 28.8 Å². The molecular weight excluding hydrogens is 488 g/mol. The molecule has 2 atom stereocenters. The Hall–Kier alpha value is -3.68. The molecule has 5 rings (SSSR count). The fourth-order valence-corrected chi connectivity index (χ4v) is 5.69. The largest absolute Gasteiger partial charge is 0.493 e. The zero-order valence-corrected chi connectivity index (χ0v) is 23.5. The molecule has 204 valence electrons. The predicted molar refractivity (Wildman–Crippen MR) is 156 cm³/mol. The molecule has 0 aliphatic carbocycles. The molecule has 2 heterocycles. The average Bonchev–Trinajstić information content (AvgIpc) is 2.95. The van der Waals surface area contributed by atoms with Gasteiger partial charge in [0.15, 0.2) is 11.5 Å². The van der Waals surface area contributed by atoms with E-state index in [0.29, 0.717) is 28.9 Å². The molecule has 1 saturated heterocycles. The van der Waals surface area contributed by atoms with Crippen LogP contribution in [0.15, 0.2) is 71.5 Å². The number of hydrogen-bond acceptors (Lipinski definition) is 6. The second kappa shape index (κ2) is 11.6. The lowest BCUT2D eigenvalue weighted by Gasteiger charge is -2.43. The predicted octanol–water partition coefficient (Wildman–Crippen LogP) is 5.11. The van der Waals surface area contributed by atoms with Crippen LogP contribution in [0.4, 0.5) is 0 Å². The van der Waals surface area contributed by atoms with Gasteiger partial charge in [-0.3, -0.25) is 14.3 Å². The fourth-order valence-electron chi connectivity index (χ4n) is 5.69. The fraction of sp³-hybridized carbons (Fsp3) is 0.375. The average molecular weight is 527 g/mol. The van der Waals surface area contributed by atoms with E-state index in [4.69, 9.17) is 14.5 Å². The van der Waals surface area contributed by atoms with Crippen molar-refractivity contribution in [3.05, 3.63) is 99.6 Å². The summed E-state index contributed by atoms with van der Waals surface area (Å²) in [7, 11) is 3.18. The maximum Gasteiger partial charge on any atom is 0.261 e. The van der Waals surface area contributed by atoms with E-state index in [1.54, 1.807) is 20.3 Å². The van der Waals surface area contributed by atoms with Crippen molar-refractivity contribution < 1.29 is 9.47 Å². The molecule has 0 spiro atoms. The van der Waals surface area contributed by atoms with Gasteiger partial charge < -0.3 is 14.8 Å². The van der Waals surface area contributed by atoms with Crippen LogP contribution in [0.5, 0.6) is 11.5 Å². The van der Waals surface area contributed by atoms with Crippen molar-refractivity contribution in [3.63, 3.8) is 0 Å². The van der Waals surface area contributed by atoms with E-state index >= 15 is 0 Å². The molecule has 7 nitrogen and oxygen atoms in total. The van der Waals surface area contributed by atoms with Crippen LogP contribution < -0.4 is 20.3 Å². The molecule has 1 fully saturated rings. The van der Waals surface area contributed by atoms with Gasteiger partial charge in [0.05, 0.1) is 37.7 Å². The van der Waals surface area contributed by atoms with Gasteiger partial charge in [0.2, 0.25) is 0 Å². The van der Waals surface area contributed by atoms with Crippen LogP contribution in [0.2, 0.25) is 0 Å². The summed E-state index contributed by atoms with van der Waals surface area (Å²) in [4.78, 5) is 22.0. The van der Waals surface area contributed by atoms with Gasteiger partial charge in [-0.25, -0.2) is 4.98 Å². The highest BCUT2D eigenvalue weighted by Crippen LogP contribution is 2.37. The molecule has 1 aliphatic rings. The standard InChI is InChI=1S/C32H38N4O3/c1-21(2)30(35-16-15-33-19-27(35)24-13-11-22(3)12-14-24)31-34-26-18-29(39-5)28(38-4)17-25(26)32(37)36(31)20-23-9-7-6-8-10-23/h6-14,17-18,21,27,30,33H,15-16,19-20H2,1-5H3. The third-order valence-corrected chi connectivity index (χ3v) is 7.67. The molecule has 0 saturated carbocycles. The van der Waals surface area contributed by atoms with E-state index < -0.39 is 0 Å². The highest BCUT2D eigenvalue weighted by Gasteiger charge is 2.35. The van der Waals surface area contributed by atoms with Gasteiger partial charge in [0.25, 0.3) is 5.56 Å². The quantitative estimate of drug-likeness (QED) is 0.344. The number of methoxy groups -OCH3 is 2. The van der Waals surface area contributed by atoms with Crippen molar-refractivity contribution in [1.82, 2.24) is 19.8 Å². The van der Waals surface area contributed by atoms with E-state index in [-0.39, 0.29) is 23.6 Å². The van der Waals surface area contributed by atoms with Gasteiger partial charge in [-0.05, 0) is 30.0 Å². The van der Waals surface area contributed by atoms with Gasteiger partial charge in [-0.2, -0.15) is 0 Å². The van der Waals surface area contributed by atoms with Gasteiger partial charge in [0, 0.05) is 31.7 Å². The van der Waals surface area contributed by atoms with E-state index in [1.165, 1.54) is 11.1 Å². The Morgan fingerprint density at radius 3 is 2.36 bits per heavy atom. The minimum absolute atomic E-state index is 0.0764.